The molecule has 1 saturated heterocycles. The van der Waals surface area contributed by atoms with Crippen LogP contribution in [0.3, 0.4) is 0 Å². The van der Waals surface area contributed by atoms with E-state index in [9.17, 15) is 4.79 Å². The Bertz CT molecular complexity index is 950. The smallest absolute Gasteiger partial charge is 0.203 e. The topological polar surface area (TPSA) is 81.7 Å². The summed E-state index contributed by atoms with van der Waals surface area (Å²) in [5.41, 5.74) is 2.47. The average molecular weight is 456 g/mol. The third-order valence-electron chi connectivity index (χ3n) is 5.15. The first-order valence-corrected chi connectivity index (χ1v) is 10.1. The van der Waals surface area contributed by atoms with Crippen molar-refractivity contribution in [2.75, 3.05) is 55.9 Å². The fraction of sp³-hybridized carbons (Fsp3) is 0.320. The van der Waals surface area contributed by atoms with E-state index in [1.807, 2.05) is 0 Å². The van der Waals surface area contributed by atoms with E-state index in [0.717, 1.165) is 11.1 Å². The Morgan fingerprint density at radius 2 is 0.939 bits per heavy atom. The normalized spacial score (nSPS) is 16.0. The number of ketones is 1. The van der Waals surface area contributed by atoms with Crippen molar-refractivity contribution in [3.8, 4) is 34.5 Å². The maximum atomic E-state index is 13.2. The highest BCUT2D eigenvalue weighted by Gasteiger charge is 2.23. The molecule has 0 aromatic heterocycles. The summed E-state index contributed by atoms with van der Waals surface area (Å²) in [5, 5.41) is 0. The molecule has 0 N–H and O–H groups in total. The number of ether oxygens (including phenoxy) is 7. The number of rotatable bonds is 8. The van der Waals surface area contributed by atoms with Crippen LogP contribution in [0.1, 0.15) is 11.1 Å². The van der Waals surface area contributed by atoms with E-state index in [1.54, 1.807) is 64.9 Å². The lowest BCUT2D eigenvalue weighted by molar-refractivity contribution is -0.114. The van der Waals surface area contributed by atoms with Gasteiger partial charge in [0.25, 0.3) is 0 Å². The van der Waals surface area contributed by atoms with E-state index in [1.165, 1.54) is 14.2 Å². The SMILES string of the molecule is COc1cc(/C=C2/COC/C(=C\c3cc(OC)c(OC)c(OC)c3)C2=O)cc(OC)c1OC. The zero-order valence-corrected chi connectivity index (χ0v) is 19.6. The van der Waals surface area contributed by atoms with Crippen LogP contribution >= 0.6 is 0 Å². The molecule has 0 radical (unpaired) electrons. The average Bonchev–Trinajstić information content (AvgIpc) is 2.84. The largest absolute Gasteiger partial charge is 0.493 e. The lowest BCUT2D eigenvalue weighted by Crippen LogP contribution is -2.21. The highest BCUT2D eigenvalue weighted by Crippen LogP contribution is 2.40. The van der Waals surface area contributed by atoms with E-state index in [2.05, 4.69) is 0 Å². The summed E-state index contributed by atoms with van der Waals surface area (Å²) < 4.78 is 38.0. The summed E-state index contributed by atoms with van der Waals surface area (Å²) in [6.45, 7) is 0.393. The van der Waals surface area contributed by atoms with Gasteiger partial charge in [0.05, 0.1) is 55.9 Å². The van der Waals surface area contributed by atoms with Crippen molar-refractivity contribution in [2.24, 2.45) is 0 Å². The molecule has 0 saturated carbocycles. The Balaban J connectivity index is 1.98. The van der Waals surface area contributed by atoms with Crippen LogP contribution < -0.4 is 28.4 Å². The Kier molecular flexibility index (Phi) is 7.84. The van der Waals surface area contributed by atoms with Gasteiger partial charge in [0.2, 0.25) is 11.5 Å². The van der Waals surface area contributed by atoms with E-state index < -0.39 is 0 Å². The zero-order valence-electron chi connectivity index (χ0n) is 19.6. The van der Waals surface area contributed by atoms with E-state index >= 15 is 0 Å². The molecule has 0 atom stereocenters. The molecule has 0 unspecified atom stereocenters. The lowest BCUT2D eigenvalue weighted by Gasteiger charge is -2.19. The summed E-state index contributed by atoms with van der Waals surface area (Å²) in [6, 6.07) is 7.11. The minimum atomic E-state index is -0.108. The van der Waals surface area contributed by atoms with Gasteiger partial charge in [-0.1, -0.05) is 0 Å². The van der Waals surface area contributed by atoms with Gasteiger partial charge in [-0.3, -0.25) is 4.79 Å². The predicted molar refractivity (Wildman–Crippen MR) is 124 cm³/mol. The first kappa shape index (κ1) is 24.0. The number of carbonyl (C=O) groups is 1. The van der Waals surface area contributed by atoms with E-state index in [0.29, 0.717) is 45.6 Å². The predicted octanol–water partition coefficient (Wildman–Crippen LogP) is 3.80. The maximum absolute atomic E-state index is 13.2. The van der Waals surface area contributed by atoms with Crippen molar-refractivity contribution >= 4 is 17.9 Å². The third-order valence-corrected chi connectivity index (χ3v) is 5.15. The van der Waals surface area contributed by atoms with Crippen LogP contribution in [-0.4, -0.2) is 61.7 Å². The highest BCUT2D eigenvalue weighted by molar-refractivity contribution is 6.14. The molecule has 0 amide bonds. The van der Waals surface area contributed by atoms with Crippen molar-refractivity contribution < 1.29 is 38.0 Å². The number of hydrogen-bond acceptors (Lipinski definition) is 8. The monoisotopic (exact) mass is 456 g/mol. The van der Waals surface area contributed by atoms with Gasteiger partial charge in [-0.05, 0) is 47.5 Å². The molecule has 1 aliphatic heterocycles. The van der Waals surface area contributed by atoms with E-state index in [4.69, 9.17) is 33.2 Å². The third kappa shape index (κ3) is 5.06. The standard InChI is InChI=1S/C25H28O8/c1-27-19-9-15(10-20(28-2)24(19)31-5)7-17-13-33-14-18(23(17)26)8-16-11-21(29-3)25(32-6)22(12-16)30-4/h7-12H,13-14H2,1-6H3/b17-7-,18-8+. The zero-order chi connectivity index (χ0) is 24.0. The molecule has 8 heteroatoms. The summed E-state index contributed by atoms with van der Waals surface area (Å²) in [5.74, 6) is 2.86. The van der Waals surface area contributed by atoms with Crippen LogP contribution in [0.25, 0.3) is 12.2 Å². The number of Topliss-reactive ketones (excluding diaryl/α,β-unsaturated/α-hetero) is 1. The van der Waals surface area contributed by atoms with Crippen molar-refractivity contribution in [1.29, 1.82) is 0 Å². The minimum absolute atomic E-state index is 0.108. The molecule has 8 nitrogen and oxygen atoms in total. The minimum Gasteiger partial charge on any atom is -0.493 e. The van der Waals surface area contributed by atoms with Crippen LogP contribution in [0.4, 0.5) is 0 Å². The summed E-state index contributed by atoms with van der Waals surface area (Å²) in [6.07, 6.45) is 3.52. The molecule has 2 aromatic carbocycles. The molecule has 3 rings (SSSR count). The molecule has 1 aliphatic rings. The number of carbonyl (C=O) groups excluding carboxylic acids is 1. The van der Waals surface area contributed by atoms with E-state index in [-0.39, 0.29) is 19.0 Å². The summed E-state index contributed by atoms with van der Waals surface area (Å²) in [7, 11) is 9.25. The Labute approximate surface area is 193 Å². The van der Waals surface area contributed by atoms with Gasteiger partial charge in [-0.15, -0.1) is 0 Å². The van der Waals surface area contributed by atoms with Crippen LogP contribution in [0.15, 0.2) is 35.4 Å². The van der Waals surface area contributed by atoms with Gasteiger partial charge in [0.15, 0.2) is 28.8 Å². The second kappa shape index (κ2) is 10.8. The molecule has 0 spiro atoms. The molecular weight excluding hydrogens is 428 g/mol. The van der Waals surface area contributed by atoms with Crippen LogP contribution in [0.2, 0.25) is 0 Å². The molecule has 1 heterocycles. The maximum Gasteiger partial charge on any atom is 0.203 e. The Morgan fingerprint density at radius 1 is 0.606 bits per heavy atom. The lowest BCUT2D eigenvalue weighted by atomic mass is 9.97. The molecule has 0 bridgehead atoms. The Hall–Kier alpha value is -3.65. The van der Waals surface area contributed by atoms with Gasteiger partial charge in [0.1, 0.15) is 0 Å². The fourth-order valence-electron chi connectivity index (χ4n) is 3.59. The molecule has 33 heavy (non-hydrogen) atoms. The van der Waals surface area contributed by atoms with Crippen molar-refractivity contribution in [3.63, 3.8) is 0 Å². The highest BCUT2D eigenvalue weighted by atomic mass is 16.5. The van der Waals surface area contributed by atoms with Gasteiger partial charge in [0, 0.05) is 11.1 Å². The summed E-state index contributed by atoms with van der Waals surface area (Å²) in [4.78, 5) is 13.2. The second-order valence-corrected chi connectivity index (χ2v) is 7.08. The van der Waals surface area contributed by atoms with Gasteiger partial charge < -0.3 is 33.2 Å². The number of benzene rings is 2. The number of hydrogen-bond donors (Lipinski definition) is 0. The molecule has 0 aliphatic carbocycles. The Morgan fingerprint density at radius 3 is 1.21 bits per heavy atom. The number of methoxy groups -OCH3 is 6. The quantitative estimate of drug-likeness (QED) is 0.555. The second-order valence-electron chi connectivity index (χ2n) is 7.08. The fourth-order valence-corrected chi connectivity index (χ4v) is 3.59. The molecule has 2 aromatic rings. The van der Waals surface area contributed by atoms with Crippen molar-refractivity contribution in [1.82, 2.24) is 0 Å². The summed E-state index contributed by atoms with van der Waals surface area (Å²) >= 11 is 0. The van der Waals surface area contributed by atoms with Crippen LogP contribution in [-0.2, 0) is 9.53 Å². The molecule has 1 fully saturated rings. The van der Waals surface area contributed by atoms with Gasteiger partial charge in [-0.2, -0.15) is 0 Å². The molecular formula is C25H28O8. The first-order chi connectivity index (χ1) is 16.0. The van der Waals surface area contributed by atoms with Crippen molar-refractivity contribution in [3.05, 3.63) is 46.5 Å². The van der Waals surface area contributed by atoms with Gasteiger partial charge in [-0.25, -0.2) is 0 Å². The molecule has 176 valence electrons. The van der Waals surface area contributed by atoms with Gasteiger partial charge >= 0.3 is 0 Å². The van der Waals surface area contributed by atoms with Crippen LogP contribution in [0, 0.1) is 0 Å². The van der Waals surface area contributed by atoms with Crippen molar-refractivity contribution in [2.45, 2.75) is 0 Å². The van der Waals surface area contributed by atoms with Crippen LogP contribution in [0.5, 0.6) is 34.5 Å². The first-order valence-electron chi connectivity index (χ1n) is 10.1.